The molecule has 21 heavy (non-hydrogen) atoms. The van der Waals surface area contributed by atoms with Gasteiger partial charge in [-0.1, -0.05) is 31.2 Å². The minimum absolute atomic E-state index is 0.723. The van der Waals surface area contributed by atoms with Crippen LogP contribution in [0.25, 0.3) is 0 Å². The van der Waals surface area contributed by atoms with E-state index in [9.17, 15) is 10.4 Å². The van der Waals surface area contributed by atoms with Gasteiger partial charge in [0.1, 0.15) is 11.5 Å². The van der Waals surface area contributed by atoms with Gasteiger partial charge in [0.15, 0.2) is 0 Å². The first-order valence-electron chi connectivity index (χ1n) is 7.47. The van der Waals surface area contributed by atoms with Crippen LogP contribution >= 0.6 is 11.3 Å². The zero-order valence-electron chi connectivity index (χ0n) is 12.2. The first kappa shape index (κ1) is 14.3. The maximum atomic E-state index is 10.9. The largest absolute Gasteiger partial charge is 0.386 e. The van der Waals surface area contributed by atoms with Crippen molar-refractivity contribution in [3.05, 3.63) is 57.3 Å². The molecule has 1 aliphatic carbocycles. The number of nitriles is 1. The number of aliphatic hydroxyl groups is 1. The summed E-state index contributed by atoms with van der Waals surface area (Å²) in [6, 6.07) is 14.6. The number of aliphatic hydroxyl groups excluding tert-OH is 1. The van der Waals surface area contributed by atoms with Crippen LogP contribution in [-0.2, 0) is 18.3 Å². The Hall–Kier alpha value is -1.63. The Bertz CT molecular complexity index is 685. The molecule has 108 valence electrons. The van der Waals surface area contributed by atoms with Crippen molar-refractivity contribution >= 4 is 11.3 Å². The molecule has 2 atom stereocenters. The Balaban J connectivity index is 2.07. The molecule has 0 saturated carbocycles. The van der Waals surface area contributed by atoms with Crippen molar-refractivity contribution in [1.29, 1.82) is 5.26 Å². The molecule has 2 aromatic rings. The van der Waals surface area contributed by atoms with Crippen molar-refractivity contribution in [2.75, 3.05) is 0 Å². The van der Waals surface area contributed by atoms with Gasteiger partial charge in [0, 0.05) is 9.75 Å². The van der Waals surface area contributed by atoms with Crippen molar-refractivity contribution in [2.45, 2.75) is 44.1 Å². The molecule has 0 spiro atoms. The summed E-state index contributed by atoms with van der Waals surface area (Å²) in [5.74, 6) is 0. The van der Waals surface area contributed by atoms with Crippen molar-refractivity contribution in [2.24, 2.45) is 0 Å². The molecule has 2 nitrogen and oxygen atoms in total. The van der Waals surface area contributed by atoms with Gasteiger partial charge in [0.05, 0.1) is 6.07 Å². The van der Waals surface area contributed by atoms with E-state index in [1.54, 1.807) is 11.3 Å². The van der Waals surface area contributed by atoms with E-state index < -0.39 is 11.5 Å². The maximum Gasteiger partial charge on any atom is 0.113 e. The van der Waals surface area contributed by atoms with Gasteiger partial charge in [-0.05, 0) is 48.9 Å². The maximum absolute atomic E-state index is 10.9. The summed E-state index contributed by atoms with van der Waals surface area (Å²) in [7, 11) is 0. The average Bonchev–Trinajstić information content (AvgIpc) is 3.02. The zero-order chi connectivity index (χ0) is 14.9. The van der Waals surface area contributed by atoms with Crippen LogP contribution in [0.3, 0.4) is 0 Å². The smallest absolute Gasteiger partial charge is 0.113 e. The lowest BCUT2D eigenvalue weighted by atomic mass is 9.67. The Morgan fingerprint density at radius 2 is 2.14 bits per heavy atom. The minimum atomic E-state index is -0.801. The highest BCUT2D eigenvalue weighted by atomic mass is 32.1. The summed E-state index contributed by atoms with van der Waals surface area (Å²) >= 11 is 1.62. The van der Waals surface area contributed by atoms with Crippen LogP contribution in [0.4, 0.5) is 0 Å². The van der Waals surface area contributed by atoms with Crippen molar-refractivity contribution < 1.29 is 5.11 Å². The molecule has 0 fully saturated rings. The summed E-state index contributed by atoms with van der Waals surface area (Å²) in [6.07, 6.45) is 2.90. The normalized spacial score (nSPS) is 22.3. The van der Waals surface area contributed by atoms with E-state index in [1.165, 1.54) is 10.4 Å². The van der Waals surface area contributed by atoms with Gasteiger partial charge in [0.2, 0.25) is 0 Å². The minimum Gasteiger partial charge on any atom is -0.386 e. The highest BCUT2D eigenvalue weighted by molar-refractivity contribution is 7.12. The molecule has 3 rings (SSSR count). The highest BCUT2D eigenvalue weighted by Crippen LogP contribution is 2.47. The second-order valence-corrected chi connectivity index (χ2v) is 6.85. The Morgan fingerprint density at radius 3 is 2.86 bits per heavy atom. The SMILES string of the molecule is CCc1ccc(C(O)C2(C#N)CCCc3ccccc32)s1. The van der Waals surface area contributed by atoms with Gasteiger partial charge in [0.25, 0.3) is 0 Å². The third-order valence-electron chi connectivity index (χ3n) is 4.48. The third kappa shape index (κ3) is 2.29. The summed E-state index contributed by atoms with van der Waals surface area (Å²) in [4.78, 5) is 2.16. The standard InChI is InChI=1S/C18H19NOS/c1-2-14-9-10-16(21-14)17(20)18(12-19)11-5-7-13-6-3-4-8-15(13)18/h3-4,6,8-10,17,20H,2,5,7,11H2,1H3. The molecule has 1 aromatic carbocycles. The Morgan fingerprint density at radius 1 is 1.33 bits per heavy atom. The monoisotopic (exact) mass is 297 g/mol. The van der Waals surface area contributed by atoms with Crippen molar-refractivity contribution in [3.8, 4) is 6.07 Å². The molecule has 0 bridgehead atoms. The van der Waals surface area contributed by atoms with Crippen LogP contribution in [0, 0.1) is 11.3 Å². The van der Waals surface area contributed by atoms with E-state index in [2.05, 4.69) is 25.1 Å². The predicted octanol–water partition coefficient (Wildman–Crippen LogP) is 4.14. The van der Waals surface area contributed by atoms with Gasteiger partial charge in [-0.2, -0.15) is 5.26 Å². The van der Waals surface area contributed by atoms with Crippen molar-refractivity contribution in [1.82, 2.24) is 0 Å². The van der Waals surface area contributed by atoms with Crippen LogP contribution in [0.1, 0.15) is 46.8 Å². The fraction of sp³-hybridized carbons (Fsp3) is 0.389. The summed E-state index contributed by atoms with van der Waals surface area (Å²) in [5, 5.41) is 20.8. The third-order valence-corrected chi connectivity index (χ3v) is 5.76. The molecular formula is C18H19NOS. The van der Waals surface area contributed by atoms with Gasteiger partial charge >= 0.3 is 0 Å². The predicted molar refractivity (Wildman–Crippen MR) is 85.3 cm³/mol. The van der Waals surface area contributed by atoms with Crippen LogP contribution in [-0.4, -0.2) is 5.11 Å². The quantitative estimate of drug-likeness (QED) is 0.925. The summed E-state index contributed by atoms with van der Waals surface area (Å²) in [6.45, 7) is 2.11. The Labute approximate surface area is 129 Å². The molecule has 1 N–H and O–H groups in total. The van der Waals surface area contributed by atoms with Gasteiger partial charge in [-0.25, -0.2) is 0 Å². The van der Waals surface area contributed by atoms with Crippen molar-refractivity contribution in [3.63, 3.8) is 0 Å². The second-order valence-electron chi connectivity index (χ2n) is 5.65. The lowest BCUT2D eigenvalue weighted by Gasteiger charge is -2.36. The van der Waals surface area contributed by atoms with Crippen LogP contribution in [0.5, 0.6) is 0 Å². The molecule has 1 heterocycles. The van der Waals surface area contributed by atoms with Crippen LogP contribution in [0.15, 0.2) is 36.4 Å². The molecule has 0 amide bonds. The van der Waals surface area contributed by atoms with E-state index in [0.29, 0.717) is 0 Å². The number of nitrogens with zero attached hydrogens (tertiary/aromatic N) is 1. The number of aryl methyl sites for hydroxylation is 2. The molecule has 0 aliphatic heterocycles. The molecule has 0 radical (unpaired) electrons. The first-order valence-corrected chi connectivity index (χ1v) is 8.29. The molecule has 0 saturated heterocycles. The van der Waals surface area contributed by atoms with E-state index in [0.717, 1.165) is 36.1 Å². The first-order chi connectivity index (χ1) is 10.2. The van der Waals surface area contributed by atoms with Crippen LogP contribution in [0.2, 0.25) is 0 Å². The van der Waals surface area contributed by atoms with Gasteiger partial charge in [-0.3, -0.25) is 0 Å². The Kier molecular flexibility index (Phi) is 3.84. The zero-order valence-corrected chi connectivity index (χ0v) is 13.0. The lowest BCUT2D eigenvalue weighted by Crippen LogP contribution is -2.35. The summed E-state index contributed by atoms with van der Waals surface area (Å²) in [5.41, 5.74) is 1.42. The second kappa shape index (κ2) is 5.63. The van der Waals surface area contributed by atoms with E-state index in [1.807, 2.05) is 24.3 Å². The average molecular weight is 297 g/mol. The number of hydrogen-bond acceptors (Lipinski definition) is 3. The topological polar surface area (TPSA) is 44.0 Å². The number of thiophene rings is 1. The molecule has 1 aromatic heterocycles. The van der Waals surface area contributed by atoms with E-state index in [4.69, 9.17) is 0 Å². The van der Waals surface area contributed by atoms with E-state index in [-0.39, 0.29) is 0 Å². The molecule has 1 aliphatic rings. The number of hydrogen-bond donors (Lipinski definition) is 1. The lowest BCUT2D eigenvalue weighted by molar-refractivity contribution is 0.103. The fourth-order valence-electron chi connectivity index (χ4n) is 3.30. The fourth-order valence-corrected chi connectivity index (χ4v) is 4.33. The van der Waals surface area contributed by atoms with Gasteiger partial charge < -0.3 is 5.11 Å². The highest BCUT2D eigenvalue weighted by Gasteiger charge is 2.44. The molecule has 2 unspecified atom stereocenters. The molecule has 3 heteroatoms. The number of rotatable bonds is 3. The van der Waals surface area contributed by atoms with E-state index >= 15 is 0 Å². The van der Waals surface area contributed by atoms with Gasteiger partial charge in [-0.15, -0.1) is 11.3 Å². The number of benzene rings is 1. The molecular weight excluding hydrogens is 278 g/mol. The number of fused-ring (bicyclic) bond motifs is 1. The van der Waals surface area contributed by atoms with Crippen LogP contribution < -0.4 is 0 Å². The summed E-state index contributed by atoms with van der Waals surface area (Å²) < 4.78 is 0.